The Morgan fingerprint density at radius 2 is 1.76 bits per heavy atom. The van der Waals surface area contributed by atoms with E-state index in [9.17, 15) is 18.4 Å². The monoisotopic (exact) mass is 348 g/mol. The quantitative estimate of drug-likeness (QED) is 0.831. The lowest BCUT2D eigenvalue weighted by Gasteiger charge is -2.29. The van der Waals surface area contributed by atoms with E-state index in [4.69, 9.17) is 15.2 Å². The molecule has 0 unspecified atom stereocenters. The highest BCUT2D eigenvalue weighted by Crippen LogP contribution is 2.52. The molecule has 2 aromatic rings. The Kier molecular flexibility index (Phi) is 3.82. The zero-order chi connectivity index (χ0) is 18.4. The lowest BCUT2D eigenvalue weighted by molar-refractivity contribution is -0.146. The minimum atomic E-state index is -1.98. The molecule has 6 nitrogen and oxygen atoms in total. The lowest BCUT2D eigenvalue weighted by atomic mass is 9.87. The molecular weight excluding hydrogens is 334 g/mol. The van der Waals surface area contributed by atoms with Crippen LogP contribution in [0.25, 0.3) is 11.1 Å². The Morgan fingerprint density at radius 3 is 2.36 bits per heavy atom. The van der Waals surface area contributed by atoms with Crippen LogP contribution < -0.4 is 15.8 Å². The first-order chi connectivity index (χ1) is 11.8. The number of hydrogen-bond acceptors (Lipinski definition) is 4. The second-order valence-electron chi connectivity index (χ2n) is 5.45. The second-order valence-corrected chi connectivity index (χ2v) is 5.45. The molecule has 1 aliphatic rings. The Balaban J connectivity index is 2.48. The van der Waals surface area contributed by atoms with Gasteiger partial charge in [-0.15, -0.1) is 0 Å². The van der Waals surface area contributed by atoms with E-state index in [0.29, 0.717) is 11.1 Å². The van der Waals surface area contributed by atoms with Gasteiger partial charge in [0.1, 0.15) is 17.4 Å². The molecule has 0 fully saturated rings. The Hall–Kier alpha value is -3.16. The van der Waals surface area contributed by atoms with Crippen LogP contribution in [0.4, 0.5) is 13.6 Å². The fourth-order valence-corrected chi connectivity index (χ4v) is 3.25. The van der Waals surface area contributed by atoms with Gasteiger partial charge in [0.25, 0.3) is 0 Å². The molecule has 25 heavy (non-hydrogen) atoms. The topological polar surface area (TPSA) is 90.6 Å². The molecule has 0 heterocycles. The van der Waals surface area contributed by atoms with Gasteiger partial charge in [0.15, 0.2) is 5.54 Å². The number of halogens is 2. The molecule has 2 amide bonds. The molecule has 130 valence electrons. The highest BCUT2D eigenvalue weighted by Gasteiger charge is 2.53. The predicted octanol–water partition coefficient (Wildman–Crippen LogP) is 2.04. The fraction of sp³-hybridized carbons (Fsp3) is 0.176. The lowest BCUT2D eigenvalue weighted by Crippen LogP contribution is -2.53. The second kappa shape index (κ2) is 5.73. The van der Waals surface area contributed by atoms with Crippen LogP contribution in [0.3, 0.4) is 0 Å². The number of nitrogens with two attached hydrogens (primary N) is 1. The molecular formula is C17H14F2N2O4. The fourth-order valence-electron chi connectivity index (χ4n) is 3.25. The summed E-state index contributed by atoms with van der Waals surface area (Å²) in [4.78, 5) is 24.3. The molecule has 1 atom stereocenters. The summed E-state index contributed by atoms with van der Waals surface area (Å²) in [5.74, 6) is -2.17. The molecule has 0 saturated carbocycles. The number of rotatable bonds is 3. The van der Waals surface area contributed by atoms with Crippen molar-refractivity contribution < 1.29 is 27.8 Å². The first-order valence-electron chi connectivity index (χ1n) is 7.19. The summed E-state index contributed by atoms with van der Waals surface area (Å²) in [6.07, 6.45) is 0. The first kappa shape index (κ1) is 16.7. The van der Waals surface area contributed by atoms with E-state index in [0.717, 1.165) is 25.3 Å². The van der Waals surface area contributed by atoms with Crippen LogP contribution in [0.15, 0.2) is 30.3 Å². The molecule has 8 heteroatoms. The molecule has 0 bridgehead atoms. The minimum Gasteiger partial charge on any atom is -0.496 e. The summed E-state index contributed by atoms with van der Waals surface area (Å²) in [5.41, 5.74) is 4.12. The van der Waals surface area contributed by atoms with Crippen molar-refractivity contribution in [2.45, 2.75) is 5.54 Å². The average molecular weight is 348 g/mol. The normalized spacial score (nSPS) is 17.4. The van der Waals surface area contributed by atoms with Gasteiger partial charge in [0.2, 0.25) is 0 Å². The van der Waals surface area contributed by atoms with Crippen LogP contribution in [-0.2, 0) is 15.1 Å². The third kappa shape index (κ3) is 2.29. The zero-order valence-electron chi connectivity index (χ0n) is 13.4. The molecule has 1 aliphatic carbocycles. The third-order valence-corrected chi connectivity index (χ3v) is 4.15. The van der Waals surface area contributed by atoms with Crippen molar-refractivity contribution in [3.8, 4) is 16.9 Å². The smallest absolute Gasteiger partial charge is 0.341 e. The van der Waals surface area contributed by atoms with Gasteiger partial charge in [-0.1, -0.05) is 6.07 Å². The number of benzene rings is 2. The van der Waals surface area contributed by atoms with Gasteiger partial charge < -0.3 is 20.5 Å². The third-order valence-electron chi connectivity index (χ3n) is 4.15. The number of carbonyl (C=O) groups is 2. The molecule has 0 aromatic heterocycles. The van der Waals surface area contributed by atoms with Crippen molar-refractivity contribution >= 4 is 12.0 Å². The van der Waals surface area contributed by atoms with Crippen LogP contribution in [-0.4, -0.2) is 26.2 Å². The summed E-state index contributed by atoms with van der Waals surface area (Å²) < 4.78 is 38.0. The SMILES string of the molecule is COC(=O)[C@@]1(NC(N)=O)c2cc(F)ccc2-c2c(OC)cc(F)cc21. The van der Waals surface area contributed by atoms with Gasteiger partial charge in [-0.3, -0.25) is 0 Å². The van der Waals surface area contributed by atoms with Crippen LogP contribution in [0.2, 0.25) is 0 Å². The maximum atomic E-state index is 14.1. The Morgan fingerprint density at radius 1 is 1.08 bits per heavy atom. The summed E-state index contributed by atoms with van der Waals surface area (Å²) in [6.45, 7) is 0. The number of amides is 2. The van der Waals surface area contributed by atoms with E-state index >= 15 is 0 Å². The maximum absolute atomic E-state index is 14.1. The van der Waals surface area contributed by atoms with Crippen molar-refractivity contribution in [1.29, 1.82) is 0 Å². The number of carbonyl (C=O) groups excluding carboxylic acids is 2. The van der Waals surface area contributed by atoms with Crippen molar-refractivity contribution in [2.75, 3.05) is 14.2 Å². The van der Waals surface area contributed by atoms with E-state index in [2.05, 4.69) is 5.32 Å². The highest BCUT2D eigenvalue weighted by molar-refractivity contribution is 6.01. The predicted molar refractivity (Wildman–Crippen MR) is 83.9 cm³/mol. The summed E-state index contributed by atoms with van der Waals surface area (Å²) >= 11 is 0. The zero-order valence-corrected chi connectivity index (χ0v) is 13.4. The molecule has 0 aliphatic heterocycles. The van der Waals surface area contributed by atoms with Gasteiger partial charge in [0, 0.05) is 22.8 Å². The number of hydrogen-bond donors (Lipinski definition) is 2. The van der Waals surface area contributed by atoms with Crippen molar-refractivity contribution in [3.63, 3.8) is 0 Å². The summed E-state index contributed by atoms with van der Waals surface area (Å²) in [7, 11) is 2.43. The number of methoxy groups -OCH3 is 2. The van der Waals surface area contributed by atoms with Gasteiger partial charge in [0.05, 0.1) is 14.2 Å². The highest BCUT2D eigenvalue weighted by atomic mass is 19.1. The number of esters is 1. The van der Waals surface area contributed by atoms with Crippen molar-refractivity contribution in [2.24, 2.45) is 5.73 Å². The van der Waals surface area contributed by atoms with Gasteiger partial charge >= 0.3 is 12.0 Å². The maximum Gasteiger partial charge on any atom is 0.341 e. The van der Waals surface area contributed by atoms with Crippen molar-refractivity contribution in [1.82, 2.24) is 5.32 Å². The molecule has 2 aromatic carbocycles. The van der Waals surface area contributed by atoms with Crippen LogP contribution in [0, 0.1) is 11.6 Å². The van der Waals surface area contributed by atoms with E-state index in [1.165, 1.54) is 19.2 Å². The van der Waals surface area contributed by atoms with E-state index in [1.54, 1.807) is 0 Å². The average Bonchev–Trinajstić information content (AvgIpc) is 2.83. The Bertz CT molecular complexity index is 900. The molecule has 3 rings (SSSR count). The van der Waals surface area contributed by atoms with Gasteiger partial charge in [-0.25, -0.2) is 18.4 Å². The van der Waals surface area contributed by atoms with Crippen LogP contribution in [0.5, 0.6) is 5.75 Å². The van der Waals surface area contributed by atoms with Crippen LogP contribution >= 0.6 is 0 Å². The molecule has 0 spiro atoms. The first-order valence-corrected chi connectivity index (χ1v) is 7.19. The minimum absolute atomic E-state index is 0.0515. The summed E-state index contributed by atoms with van der Waals surface area (Å²) in [5, 5.41) is 2.30. The number of nitrogens with one attached hydrogen (secondary N) is 1. The standard InChI is InChI=1S/C17H14F2N2O4/c1-24-13-7-9(19)6-12-14(13)10-4-3-8(18)5-11(10)17(12,15(22)25-2)21-16(20)23/h3-7H,1-2H3,(H3,20,21,23)/t17-/m1/s1. The summed E-state index contributed by atoms with van der Waals surface area (Å²) in [6, 6.07) is 4.79. The Labute approximate surface area is 141 Å². The number of urea groups is 1. The molecule has 0 saturated heterocycles. The number of primary amides is 1. The number of ether oxygens (including phenoxy) is 2. The van der Waals surface area contributed by atoms with Gasteiger partial charge in [-0.05, 0) is 23.8 Å². The molecule has 3 N–H and O–H groups in total. The molecule has 0 radical (unpaired) electrons. The van der Waals surface area contributed by atoms with E-state index < -0.39 is 29.2 Å². The largest absolute Gasteiger partial charge is 0.496 e. The van der Waals surface area contributed by atoms with Gasteiger partial charge in [-0.2, -0.15) is 0 Å². The van der Waals surface area contributed by atoms with E-state index in [-0.39, 0.29) is 16.9 Å². The number of fused-ring (bicyclic) bond motifs is 3. The van der Waals surface area contributed by atoms with Crippen molar-refractivity contribution in [3.05, 3.63) is 53.1 Å². The van der Waals surface area contributed by atoms with E-state index in [1.807, 2.05) is 0 Å². The van der Waals surface area contributed by atoms with Crippen LogP contribution in [0.1, 0.15) is 11.1 Å².